The average molecular weight is 304 g/mol. The lowest BCUT2D eigenvalue weighted by molar-refractivity contribution is -0.135. The van der Waals surface area contributed by atoms with Crippen molar-refractivity contribution in [3.8, 4) is 5.75 Å². The lowest BCUT2D eigenvalue weighted by Gasteiger charge is -2.30. The molecule has 1 aromatic rings. The van der Waals surface area contributed by atoms with Gasteiger partial charge in [0.1, 0.15) is 18.0 Å². The van der Waals surface area contributed by atoms with Gasteiger partial charge in [0.05, 0.1) is 7.11 Å². The highest BCUT2D eigenvalue weighted by atomic mass is 16.5. The second-order valence-electron chi connectivity index (χ2n) is 6.17. The van der Waals surface area contributed by atoms with Crippen molar-refractivity contribution in [2.75, 3.05) is 14.2 Å². The van der Waals surface area contributed by atoms with Gasteiger partial charge in [-0.05, 0) is 30.0 Å². The zero-order chi connectivity index (χ0) is 16.4. The molecule has 2 atom stereocenters. The SMILES string of the molecule is COc1ccc(C2N(C)C(=O)[C@@H](CC(C)C)N2C(C)=O)cc1. The fraction of sp³-hybridized carbons (Fsp3) is 0.529. The topological polar surface area (TPSA) is 49.9 Å². The Labute approximate surface area is 131 Å². The van der Waals surface area contributed by atoms with Crippen LogP contribution in [0.3, 0.4) is 0 Å². The van der Waals surface area contributed by atoms with E-state index >= 15 is 0 Å². The molecule has 1 aliphatic heterocycles. The van der Waals surface area contributed by atoms with Crippen LogP contribution < -0.4 is 4.74 Å². The third kappa shape index (κ3) is 2.93. The van der Waals surface area contributed by atoms with Crippen molar-refractivity contribution >= 4 is 11.8 Å². The molecular formula is C17H24N2O3. The molecule has 1 unspecified atom stereocenters. The standard InChI is InChI=1S/C17H24N2O3/c1-11(2)10-15-17(21)18(4)16(19(15)12(3)20)13-6-8-14(22-5)9-7-13/h6-9,11,15-16H,10H2,1-5H3/t15-,16?/m1/s1. The molecule has 2 amide bonds. The van der Waals surface area contributed by atoms with E-state index in [0.717, 1.165) is 11.3 Å². The van der Waals surface area contributed by atoms with Gasteiger partial charge in [0, 0.05) is 14.0 Å². The second-order valence-corrected chi connectivity index (χ2v) is 6.17. The van der Waals surface area contributed by atoms with Gasteiger partial charge in [0.25, 0.3) is 0 Å². The summed E-state index contributed by atoms with van der Waals surface area (Å²) in [5, 5.41) is 0. The summed E-state index contributed by atoms with van der Waals surface area (Å²) in [6.07, 6.45) is 0.328. The minimum atomic E-state index is -0.380. The molecule has 0 saturated carbocycles. The first-order valence-electron chi connectivity index (χ1n) is 7.56. The molecule has 0 N–H and O–H groups in total. The van der Waals surface area contributed by atoms with Crippen molar-refractivity contribution in [3.63, 3.8) is 0 Å². The molecular weight excluding hydrogens is 280 g/mol. The van der Waals surface area contributed by atoms with Crippen LogP contribution >= 0.6 is 0 Å². The molecule has 0 aliphatic carbocycles. The smallest absolute Gasteiger partial charge is 0.247 e. The van der Waals surface area contributed by atoms with Crippen molar-refractivity contribution in [1.29, 1.82) is 0 Å². The molecule has 5 heteroatoms. The highest BCUT2D eigenvalue weighted by Crippen LogP contribution is 2.36. The molecule has 1 aliphatic rings. The minimum absolute atomic E-state index is 0.00437. The van der Waals surface area contributed by atoms with Crippen LogP contribution in [0.1, 0.15) is 38.9 Å². The number of hydrogen-bond acceptors (Lipinski definition) is 3. The van der Waals surface area contributed by atoms with Gasteiger partial charge < -0.3 is 14.5 Å². The number of hydrogen-bond donors (Lipinski definition) is 0. The minimum Gasteiger partial charge on any atom is -0.497 e. The number of benzene rings is 1. The fourth-order valence-electron chi connectivity index (χ4n) is 3.04. The second kappa shape index (κ2) is 6.38. The highest BCUT2D eigenvalue weighted by molar-refractivity contribution is 5.90. The Morgan fingerprint density at radius 3 is 2.32 bits per heavy atom. The summed E-state index contributed by atoms with van der Waals surface area (Å²) in [6.45, 7) is 5.65. The summed E-state index contributed by atoms with van der Waals surface area (Å²) >= 11 is 0. The van der Waals surface area contributed by atoms with Gasteiger partial charge in [-0.1, -0.05) is 26.0 Å². The number of carbonyl (C=O) groups excluding carboxylic acids is 2. The maximum atomic E-state index is 12.6. The first kappa shape index (κ1) is 16.3. The molecule has 0 aromatic heterocycles. The maximum Gasteiger partial charge on any atom is 0.247 e. The Morgan fingerprint density at radius 1 is 1.27 bits per heavy atom. The Balaban J connectivity index is 2.38. The van der Waals surface area contributed by atoms with Gasteiger partial charge >= 0.3 is 0 Å². The van der Waals surface area contributed by atoms with Crippen molar-refractivity contribution in [1.82, 2.24) is 9.80 Å². The zero-order valence-corrected chi connectivity index (χ0v) is 13.9. The van der Waals surface area contributed by atoms with Gasteiger partial charge in [-0.3, -0.25) is 9.59 Å². The molecule has 0 bridgehead atoms. The van der Waals surface area contributed by atoms with E-state index in [0.29, 0.717) is 12.3 Å². The maximum absolute atomic E-state index is 12.6. The molecule has 120 valence electrons. The fourth-order valence-corrected chi connectivity index (χ4v) is 3.04. The van der Waals surface area contributed by atoms with Crippen LogP contribution in [0.5, 0.6) is 5.75 Å². The molecule has 1 fully saturated rings. The summed E-state index contributed by atoms with van der Waals surface area (Å²) < 4.78 is 5.17. The number of rotatable bonds is 4. The highest BCUT2D eigenvalue weighted by Gasteiger charge is 2.46. The lowest BCUT2D eigenvalue weighted by Crippen LogP contribution is -2.39. The molecule has 0 radical (unpaired) electrons. The van der Waals surface area contributed by atoms with Crippen molar-refractivity contribution in [2.24, 2.45) is 5.92 Å². The molecule has 1 aromatic carbocycles. The van der Waals surface area contributed by atoms with Crippen molar-refractivity contribution < 1.29 is 14.3 Å². The van der Waals surface area contributed by atoms with E-state index in [1.807, 2.05) is 24.3 Å². The molecule has 2 rings (SSSR count). The number of likely N-dealkylation sites (N-methyl/N-ethyl adjacent to an activating group) is 1. The number of nitrogens with zero attached hydrogens (tertiary/aromatic N) is 2. The van der Waals surface area contributed by atoms with Gasteiger partial charge in [-0.2, -0.15) is 0 Å². The third-order valence-electron chi connectivity index (χ3n) is 4.07. The molecule has 1 heterocycles. The van der Waals surface area contributed by atoms with E-state index in [1.165, 1.54) is 6.92 Å². The Kier molecular flexibility index (Phi) is 4.74. The Morgan fingerprint density at radius 2 is 1.86 bits per heavy atom. The predicted molar refractivity (Wildman–Crippen MR) is 84.3 cm³/mol. The normalized spacial score (nSPS) is 21.6. The van der Waals surface area contributed by atoms with E-state index in [4.69, 9.17) is 4.74 Å². The van der Waals surface area contributed by atoms with Gasteiger partial charge in [0.2, 0.25) is 11.8 Å². The van der Waals surface area contributed by atoms with Crippen LogP contribution in [0.4, 0.5) is 0 Å². The van der Waals surface area contributed by atoms with Crippen molar-refractivity contribution in [3.05, 3.63) is 29.8 Å². The number of carbonyl (C=O) groups is 2. The third-order valence-corrected chi connectivity index (χ3v) is 4.07. The summed E-state index contributed by atoms with van der Waals surface area (Å²) in [5.74, 6) is 1.02. The molecule has 5 nitrogen and oxygen atoms in total. The van der Waals surface area contributed by atoms with Crippen molar-refractivity contribution in [2.45, 2.75) is 39.4 Å². The number of methoxy groups -OCH3 is 1. The first-order chi connectivity index (χ1) is 10.4. The summed E-state index contributed by atoms with van der Waals surface area (Å²) in [4.78, 5) is 28.1. The monoisotopic (exact) mass is 304 g/mol. The van der Waals surface area contributed by atoms with Crippen LogP contribution in [-0.4, -0.2) is 41.8 Å². The van der Waals surface area contributed by atoms with Crippen LogP contribution in [0, 0.1) is 5.92 Å². The van der Waals surface area contributed by atoms with E-state index < -0.39 is 0 Å². The summed E-state index contributed by atoms with van der Waals surface area (Å²) in [6, 6.07) is 7.13. The largest absolute Gasteiger partial charge is 0.497 e. The number of amides is 2. The summed E-state index contributed by atoms with van der Waals surface area (Å²) in [7, 11) is 3.37. The Hall–Kier alpha value is -2.04. The molecule has 0 spiro atoms. The van der Waals surface area contributed by atoms with E-state index in [-0.39, 0.29) is 24.0 Å². The first-order valence-corrected chi connectivity index (χ1v) is 7.56. The van der Waals surface area contributed by atoms with E-state index in [9.17, 15) is 9.59 Å². The Bertz CT molecular complexity index is 554. The van der Waals surface area contributed by atoms with E-state index in [1.54, 1.807) is 24.0 Å². The molecule has 1 saturated heterocycles. The van der Waals surface area contributed by atoms with Crippen LogP contribution in [0.2, 0.25) is 0 Å². The number of ether oxygens (including phenoxy) is 1. The van der Waals surface area contributed by atoms with Crippen LogP contribution in [-0.2, 0) is 9.59 Å². The van der Waals surface area contributed by atoms with Crippen LogP contribution in [0.25, 0.3) is 0 Å². The zero-order valence-electron chi connectivity index (χ0n) is 13.9. The van der Waals surface area contributed by atoms with E-state index in [2.05, 4.69) is 13.8 Å². The quantitative estimate of drug-likeness (QED) is 0.858. The van der Waals surface area contributed by atoms with Crippen LogP contribution in [0.15, 0.2) is 24.3 Å². The lowest BCUT2D eigenvalue weighted by atomic mass is 10.0. The van der Waals surface area contributed by atoms with Gasteiger partial charge in [-0.25, -0.2) is 0 Å². The molecule has 22 heavy (non-hydrogen) atoms. The average Bonchev–Trinajstić information content (AvgIpc) is 2.72. The predicted octanol–water partition coefficient (Wildman–Crippen LogP) is 2.43. The summed E-state index contributed by atoms with van der Waals surface area (Å²) in [5.41, 5.74) is 0.915. The van der Waals surface area contributed by atoms with Gasteiger partial charge in [0.15, 0.2) is 0 Å². The van der Waals surface area contributed by atoms with Gasteiger partial charge in [-0.15, -0.1) is 0 Å².